The van der Waals surface area contributed by atoms with Gasteiger partial charge in [-0.15, -0.1) is 0 Å². The van der Waals surface area contributed by atoms with Crippen molar-refractivity contribution in [3.05, 3.63) is 41.7 Å². The molecule has 1 aromatic rings. The Morgan fingerprint density at radius 2 is 1.84 bits per heavy atom. The van der Waals surface area contributed by atoms with E-state index in [0.717, 1.165) is 51.6 Å². The number of rotatable bonds is 8. The third kappa shape index (κ3) is 5.48. The van der Waals surface area contributed by atoms with Crippen molar-refractivity contribution in [2.75, 3.05) is 65.7 Å². The summed E-state index contributed by atoms with van der Waals surface area (Å²) in [6, 6.07) is 6.66. The molecule has 2 saturated heterocycles. The smallest absolute Gasteiger partial charge is 0.243 e. The summed E-state index contributed by atoms with van der Waals surface area (Å²) in [6.07, 6.45) is 4.46. The summed E-state index contributed by atoms with van der Waals surface area (Å²) in [4.78, 5) is 6.99. The third-order valence-electron chi connectivity index (χ3n) is 5.80. The summed E-state index contributed by atoms with van der Waals surface area (Å²) >= 11 is 0. The highest BCUT2D eigenvalue weighted by atomic mass is 32.2. The number of nitrogens with two attached hydrogens (primary N) is 1. The second-order valence-corrected chi connectivity index (χ2v) is 9.97. The van der Waals surface area contributed by atoms with E-state index >= 15 is 0 Å². The van der Waals surface area contributed by atoms with Gasteiger partial charge in [-0.1, -0.05) is 12.1 Å². The maximum absolute atomic E-state index is 13.0. The molecular weight excluding hydrogens is 432 g/mol. The van der Waals surface area contributed by atoms with Crippen molar-refractivity contribution in [1.82, 2.24) is 19.8 Å². The Balaban J connectivity index is 1.37. The van der Waals surface area contributed by atoms with Crippen molar-refractivity contribution < 1.29 is 17.9 Å². The first kappa shape index (κ1) is 23.1. The highest BCUT2D eigenvalue weighted by Gasteiger charge is 2.32. The average molecular weight is 465 g/mol. The first-order valence-electron chi connectivity index (χ1n) is 11.0. The van der Waals surface area contributed by atoms with Gasteiger partial charge in [0, 0.05) is 44.5 Å². The Labute approximate surface area is 189 Å². The second kappa shape index (κ2) is 10.3. The molecule has 1 aromatic carbocycles. The van der Waals surface area contributed by atoms with Crippen LogP contribution in [0.25, 0.3) is 0 Å². The molecule has 3 heterocycles. The fraction of sp³-hybridized carbons (Fsp3) is 0.571. The zero-order valence-electron chi connectivity index (χ0n) is 18.2. The van der Waals surface area contributed by atoms with Crippen molar-refractivity contribution in [3.63, 3.8) is 0 Å². The Bertz CT molecular complexity index is 941. The topological polar surface area (TPSA) is 122 Å². The lowest BCUT2D eigenvalue weighted by Crippen LogP contribution is -2.52. The minimum absolute atomic E-state index is 0.202. The van der Waals surface area contributed by atoms with Gasteiger partial charge >= 0.3 is 0 Å². The summed E-state index contributed by atoms with van der Waals surface area (Å²) < 4.78 is 38.2. The van der Waals surface area contributed by atoms with Crippen LogP contribution in [-0.4, -0.2) is 89.5 Å². The van der Waals surface area contributed by atoms with E-state index in [2.05, 4.69) is 20.5 Å². The molecule has 11 heteroatoms. The number of allylic oxidation sites excluding steroid dienone is 1. The van der Waals surface area contributed by atoms with Crippen LogP contribution >= 0.6 is 0 Å². The van der Waals surface area contributed by atoms with Crippen molar-refractivity contribution in [2.45, 2.75) is 17.1 Å². The van der Waals surface area contributed by atoms with E-state index in [0.29, 0.717) is 31.9 Å². The fourth-order valence-electron chi connectivity index (χ4n) is 3.94. The lowest BCUT2D eigenvalue weighted by atomic mass is 10.1. The Morgan fingerprint density at radius 3 is 2.59 bits per heavy atom. The number of nitrogens with one attached hydrogen (secondary N) is 2. The first-order valence-corrected chi connectivity index (χ1v) is 12.5. The summed E-state index contributed by atoms with van der Waals surface area (Å²) in [5.74, 6) is -0.497. The van der Waals surface area contributed by atoms with Crippen LogP contribution in [-0.2, 0) is 25.3 Å². The quantitative estimate of drug-likeness (QED) is 0.445. The van der Waals surface area contributed by atoms with E-state index < -0.39 is 15.8 Å². The number of hydrogen-bond acceptors (Lipinski definition) is 9. The standard InChI is InChI=1S/C21H32N6O4S/c22-21(18-3-1-4-19(17-18)32(28,29)27-11-15-31-16-12-27)24-7-5-20(25-21)23-6-2-8-26-9-13-30-14-10-26/h1,3-5,7,17,23,25H,2,6,8-16,22H2. The zero-order valence-corrected chi connectivity index (χ0v) is 19.0. The molecule has 0 bridgehead atoms. The van der Waals surface area contributed by atoms with Crippen LogP contribution < -0.4 is 16.4 Å². The Morgan fingerprint density at radius 1 is 1.12 bits per heavy atom. The summed E-state index contributed by atoms with van der Waals surface area (Å²) in [6.45, 7) is 6.83. The highest BCUT2D eigenvalue weighted by Crippen LogP contribution is 2.25. The number of sulfonamides is 1. The van der Waals surface area contributed by atoms with Crippen molar-refractivity contribution >= 4 is 16.2 Å². The predicted octanol–water partition coefficient (Wildman–Crippen LogP) is -0.396. The molecule has 0 aliphatic carbocycles. The summed E-state index contributed by atoms with van der Waals surface area (Å²) in [5, 5.41) is 6.57. The van der Waals surface area contributed by atoms with Gasteiger partial charge in [-0.05, 0) is 31.2 Å². The minimum Gasteiger partial charge on any atom is -0.379 e. The van der Waals surface area contributed by atoms with Gasteiger partial charge in [0.25, 0.3) is 0 Å². The van der Waals surface area contributed by atoms with Gasteiger partial charge in [0.15, 0.2) is 0 Å². The number of hydrogen-bond donors (Lipinski definition) is 3. The number of nitrogens with zero attached hydrogens (tertiary/aromatic N) is 3. The number of aliphatic imine (C=N–C) groups is 1. The molecule has 3 aliphatic heterocycles. The van der Waals surface area contributed by atoms with Gasteiger partial charge in [0.2, 0.25) is 15.8 Å². The molecule has 0 saturated carbocycles. The van der Waals surface area contributed by atoms with E-state index in [1.807, 2.05) is 6.08 Å². The van der Waals surface area contributed by atoms with Gasteiger partial charge in [0.1, 0.15) is 5.82 Å². The lowest BCUT2D eigenvalue weighted by Gasteiger charge is -2.32. The molecule has 2 fully saturated rings. The molecule has 0 spiro atoms. The van der Waals surface area contributed by atoms with E-state index in [1.54, 1.807) is 30.5 Å². The molecule has 1 atom stereocenters. The second-order valence-electron chi connectivity index (χ2n) is 8.03. The maximum atomic E-state index is 13.0. The molecule has 1 unspecified atom stereocenters. The molecule has 4 N–H and O–H groups in total. The molecule has 0 amide bonds. The highest BCUT2D eigenvalue weighted by molar-refractivity contribution is 7.89. The molecule has 3 aliphatic rings. The zero-order chi connectivity index (χ0) is 22.4. The largest absolute Gasteiger partial charge is 0.379 e. The summed E-state index contributed by atoms with van der Waals surface area (Å²) in [7, 11) is -3.62. The molecular formula is C21H32N6O4S. The van der Waals surface area contributed by atoms with Crippen LogP contribution in [0.3, 0.4) is 0 Å². The monoisotopic (exact) mass is 464 g/mol. The van der Waals surface area contributed by atoms with Gasteiger partial charge in [0.05, 0.1) is 31.3 Å². The molecule has 0 aromatic heterocycles. The van der Waals surface area contributed by atoms with Crippen LogP contribution in [0.2, 0.25) is 0 Å². The van der Waals surface area contributed by atoms with Gasteiger partial charge in [-0.3, -0.25) is 10.6 Å². The summed E-state index contributed by atoms with van der Waals surface area (Å²) in [5.41, 5.74) is 7.12. The van der Waals surface area contributed by atoms with E-state index in [4.69, 9.17) is 15.2 Å². The predicted molar refractivity (Wildman–Crippen MR) is 121 cm³/mol. The Kier molecular flexibility index (Phi) is 7.44. The van der Waals surface area contributed by atoms with E-state index in [1.165, 1.54) is 4.31 Å². The molecule has 32 heavy (non-hydrogen) atoms. The van der Waals surface area contributed by atoms with Crippen molar-refractivity contribution in [1.29, 1.82) is 0 Å². The van der Waals surface area contributed by atoms with Crippen LogP contribution in [0, 0.1) is 0 Å². The van der Waals surface area contributed by atoms with Crippen LogP contribution in [0.15, 0.2) is 46.1 Å². The molecule has 0 radical (unpaired) electrons. The number of morpholine rings is 2. The SMILES string of the molecule is NC1(c2cccc(S(=O)(=O)N3CCOCC3)c2)N=CC=C(NCCCN2CCOCC2)N1. The van der Waals surface area contributed by atoms with E-state index in [-0.39, 0.29) is 4.90 Å². The maximum Gasteiger partial charge on any atom is 0.243 e. The normalized spacial score (nSPS) is 25.2. The van der Waals surface area contributed by atoms with Crippen LogP contribution in [0.5, 0.6) is 0 Å². The fourth-order valence-corrected chi connectivity index (χ4v) is 5.39. The van der Waals surface area contributed by atoms with Crippen molar-refractivity contribution in [2.24, 2.45) is 10.7 Å². The Hall–Kier alpha value is -2.02. The van der Waals surface area contributed by atoms with Gasteiger partial charge in [-0.25, -0.2) is 13.4 Å². The minimum atomic E-state index is -3.62. The third-order valence-corrected chi connectivity index (χ3v) is 7.69. The molecule has 4 rings (SSSR count). The lowest BCUT2D eigenvalue weighted by molar-refractivity contribution is 0.0375. The van der Waals surface area contributed by atoms with Crippen LogP contribution in [0.4, 0.5) is 0 Å². The average Bonchev–Trinajstić information content (AvgIpc) is 2.83. The van der Waals surface area contributed by atoms with Crippen LogP contribution in [0.1, 0.15) is 12.0 Å². The number of benzene rings is 1. The van der Waals surface area contributed by atoms with Crippen molar-refractivity contribution in [3.8, 4) is 0 Å². The molecule has 10 nitrogen and oxygen atoms in total. The van der Waals surface area contributed by atoms with E-state index in [9.17, 15) is 8.42 Å². The van der Waals surface area contributed by atoms with Gasteiger partial charge < -0.3 is 20.1 Å². The molecule has 176 valence electrons. The first-order chi connectivity index (χ1) is 15.5. The number of ether oxygens (including phenoxy) is 2. The van der Waals surface area contributed by atoms with Gasteiger partial charge in [-0.2, -0.15) is 4.31 Å².